The minimum absolute atomic E-state index is 0.0426. The highest BCUT2D eigenvalue weighted by molar-refractivity contribution is 6.31. The molecule has 0 atom stereocenters. The molecule has 0 aliphatic rings. The van der Waals surface area contributed by atoms with Crippen molar-refractivity contribution in [1.82, 2.24) is 0 Å². The molecular weight excluding hydrogens is 278 g/mol. The molecule has 0 unspecified atom stereocenters. The second kappa shape index (κ2) is 6.21. The van der Waals surface area contributed by atoms with E-state index >= 15 is 0 Å². The SMILES string of the molecule is COC(=O)c1ccc(/C=C/c2ccccc2)[n+]([O-])c1Cl. The molecule has 0 N–H and O–H groups in total. The standard InChI is InChI=1S/C15H12ClNO3/c1-20-15(18)13-10-9-12(17(19)14(13)16)8-7-11-5-3-2-4-6-11/h2-10H,1H3/b8-7+. The van der Waals surface area contributed by atoms with Crippen LogP contribution in [0.15, 0.2) is 42.5 Å². The number of pyridine rings is 1. The van der Waals surface area contributed by atoms with Crippen molar-refractivity contribution in [3.63, 3.8) is 0 Å². The van der Waals surface area contributed by atoms with Gasteiger partial charge in [0, 0.05) is 12.1 Å². The third kappa shape index (κ3) is 2.97. The number of methoxy groups -OCH3 is 1. The molecule has 4 nitrogen and oxygen atoms in total. The van der Waals surface area contributed by atoms with E-state index in [1.165, 1.54) is 19.2 Å². The molecule has 0 aliphatic carbocycles. The van der Waals surface area contributed by atoms with Crippen LogP contribution in [-0.2, 0) is 4.74 Å². The zero-order valence-corrected chi connectivity index (χ0v) is 11.5. The molecule has 2 aromatic rings. The Kier molecular flexibility index (Phi) is 4.38. The second-order valence-corrected chi connectivity index (χ2v) is 4.35. The van der Waals surface area contributed by atoms with E-state index in [1.54, 1.807) is 12.2 Å². The van der Waals surface area contributed by atoms with E-state index in [2.05, 4.69) is 4.74 Å². The number of hydrogen-bond acceptors (Lipinski definition) is 3. The van der Waals surface area contributed by atoms with Crippen molar-refractivity contribution in [1.29, 1.82) is 0 Å². The largest absolute Gasteiger partial charge is 0.617 e. The maximum Gasteiger partial charge on any atom is 0.345 e. The predicted molar refractivity (Wildman–Crippen MR) is 77.1 cm³/mol. The van der Waals surface area contributed by atoms with Crippen LogP contribution in [0.1, 0.15) is 21.6 Å². The summed E-state index contributed by atoms with van der Waals surface area (Å²) in [5.74, 6) is -0.641. The maximum atomic E-state index is 12.0. The zero-order chi connectivity index (χ0) is 14.5. The molecule has 1 heterocycles. The van der Waals surface area contributed by atoms with Crippen LogP contribution >= 0.6 is 11.6 Å². The molecule has 102 valence electrons. The fourth-order valence-electron chi connectivity index (χ4n) is 1.66. The zero-order valence-electron chi connectivity index (χ0n) is 10.7. The summed E-state index contributed by atoms with van der Waals surface area (Å²) in [6.45, 7) is 0. The second-order valence-electron chi connectivity index (χ2n) is 3.99. The molecule has 1 aromatic carbocycles. The van der Waals surface area contributed by atoms with Crippen molar-refractivity contribution in [3.05, 3.63) is 69.6 Å². The highest BCUT2D eigenvalue weighted by Crippen LogP contribution is 2.14. The van der Waals surface area contributed by atoms with Crippen molar-refractivity contribution in [2.75, 3.05) is 7.11 Å². The summed E-state index contributed by atoms with van der Waals surface area (Å²) < 4.78 is 5.04. The van der Waals surface area contributed by atoms with E-state index in [1.807, 2.05) is 30.3 Å². The summed E-state index contributed by atoms with van der Waals surface area (Å²) in [5, 5.41) is 11.8. The minimum atomic E-state index is -0.641. The van der Waals surface area contributed by atoms with Crippen LogP contribution in [0.25, 0.3) is 12.2 Å². The first-order valence-corrected chi connectivity index (χ1v) is 6.25. The van der Waals surface area contributed by atoms with Gasteiger partial charge in [-0.15, -0.1) is 0 Å². The maximum absolute atomic E-state index is 12.0. The van der Waals surface area contributed by atoms with Crippen molar-refractivity contribution in [2.24, 2.45) is 0 Å². The van der Waals surface area contributed by atoms with Crippen molar-refractivity contribution in [3.8, 4) is 0 Å². The number of carbonyl (C=O) groups is 1. The first kappa shape index (κ1) is 14.1. The molecule has 0 saturated carbocycles. The number of halogens is 1. The lowest BCUT2D eigenvalue weighted by Gasteiger charge is -2.06. The molecule has 2 rings (SSSR count). The monoisotopic (exact) mass is 289 g/mol. The van der Waals surface area contributed by atoms with Crippen molar-refractivity contribution >= 4 is 29.7 Å². The lowest BCUT2D eigenvalue weighted by molar-refractivity contribution is -0.605. The Hall–Kier alpha value is -2.33. The number of rotatable bonds is 3. The number of carbonyl (C=O) groups excluding carboxylic acids is 1. The van der Waals surface area contributed by atoms with Gasteiger partial charge in [-0.2, -0.15) is 4.73 Å². The van der Waals surface area contributed by atoms with Gasteiger partial charge in [0.15, 0.2) is 0 Å². The molecule has 0 fully saturated rings. The van der Waals surface area contributed by atoms with Crippen LogP contribution in [0.3, 0.4) is 0 Å². The molecule has 5 heteroatoms. The number of ether oxygens (including phenoxy) is 1. The lowest BCUT2D eigenvalue weighted by Crippen LogP contribution is -2.33. The van der Waals surface area contributed by atoms with E-state index < -0.39 is 5.97 Å². The summed E-state index contributed by atoms with van der Waals surface area (Å²) >= 11 is 5.87. The summed E-state index contributed by atoms with van der Waals surface area (Å²) in [5.41, 5.74) is 1.34. The van der Waals surface area contributed by atoms with Gasteiger partial charge in [0.05, 0.1) is 7.11 Å². The van der Waals surface area contributed by atoms with Gasteiger partial charge in [0.1, 0.15) is 5.56 Å². The number of nitrogens with zero attached hydrogens (tertiary/aromatic N) is 1. The molecule has 0 spiro atoms. The van der Waals surface area contributed by atoms with Gasteiger partial charge in [0.25, 0.3) is 0 Å². The Morgan fingerprint density at radius 1 is 1.20 bits per heavy atom. The molecular formula is C15H12ClNO3. The Morgan fingerprint density at radius 3 is 2.55 bits per heavy atom. The number of esters is 1. The average molecular weight is 290 g/mol. The molecule has 0 radical (unpaired) electrons. The highest BCUT2D eigenvalue weighted by Gasteiger charge is 2.19. The normalized spacial score (nSPS) is 10.7. The van der Waals surface area contributed by atoms with Gasteiger partial charge in [-0.05, 0) is 29.3 Å². The quantitative estimate of drug-likeness (QED) is 0.378. The van der Waals surface area contributed by atoms with Crippen molar-refractivity contribution in [2.45, 2.75) is 0 Å². The molecule has 0 aliphatic heterocycles. The van der Waals surface area contributed by atoms with Gasteiger partial charge in [-0.3, -0.25) is 0 Å². The number of aromatic nitrogens is 1. The molecule has 20 heavy (non-hydrogen) atoms. The van der Waals surface area contributed by atoms with Crippen molar-refractivity contribution < 1.29 is 14.3 Å². The third-order valence-corrected chi connectivity index (χ3v) is 3.06. The van der Waals surface area contributed by atoms with E-state index in [-0.39, 0.29) is 10.7 Å². The molecule has 0 saturated heterocycles. The van der Waals surface area contributed by atoms with Gasteiger partial charge in [0.2, 0.25) is 5.69 Å². The minimum Gasteiger partial charge on any atom is -0.617 e. The van der Waals surface area contributed by atoms with Crippen LogP contribution in [0.2, 0.25) is 5.15 Å². The van der Waals surface area contributed by atoms with Gasteiger partial charge >= 0.3 is 11.1 Å². The van der Waals surface area contributed by atoms with E-state index in [0.29, 0.717) is 10.4 Å². The fraction of sp³-hybridized carbons (Fsp3) is 0.0667. The third-order valence-electron chi connectivity index (χ3n) is 2.71. The van der Waals surface area contributed by atoms with Crippen LogP contribution < -0.4 is 4.73 Å². The summed E-state index contributed by atoms with van der Waals surface area (Å²) in [4.78, 5) is 11.4. The van der Waals surface area contributed by atoms with Gasteiger partial charge in [-0.25, -0.2) is 4.79 Å². The van der Waals surface area contributed by atoms with E-state index in [0.717, 1.165) is 5.56 Å². The lowest BCUT2D eigenvalue weighted by atomic mass is 10.2. The predicted octanol–water partition coefficient (Wildman–Crippen LogP) is 2.93. The Bertz CT molecular complexity index is 654. The molecule has 0 amide bonds. The average Bonchev–Trinajstić information content (AvgIpc) is 2.49. The first-order valence-electron chi connectivity index (χ1n) is 5.87. The Labute approximate surface area is 121 Å². The number of hydrogen-bond donors (Lipinski definition) is 0. The Morgan fingerprint density at radius 2 is 1.90 bits per heavy atom. The summed E-state index contributed by atoms with van der Waals surface area (Å²) in [7, 11) is 1.23. The first-order chi connectivity index (χ1) is 9.63. The number of benzene rings is 1. The van der Waals surface area contributed by atoms with Crippen LogP contribution in [0.5, 0.6) is 0 Å². The van der Waals surface area contributed by atoms with Gasteiger partial charge < -0.3 is 9.94 Å². The van der Waals surface area contributed by atoms with Gasteiger partial charge in [-0.1, -0.05) is 30.3 Å². The highest BCUT2D eigenvalue weighted by atomic mass is 35.5. The van der Waals surface area contributed by atoms with E-state index in [9.17, 15) is 10.0 Å². The summed E-state index contributed by atoms with van der Waals surface area (Å²) in [6.07, 6.45) is 3.42. The van der Waals surface area contributed by atoms with Crippen LogP contribution in [0.4, 0.5) is 0 Å². The topological polar surface area (TPSA) is 53.2 Å². The van der Waals surface area contributed by atoms with Crippen LogP contribution in [0, 0.1) is 5.21 Å². The van der Waals surface area contributed by atoms with Crippen LogP contribution in [-0.4, -0.2) is 13.1 Å². The Balaban J connectivity index is 2.33. The fourth-order valence-corrected chi connectivity index (χ4v) is 1.90. The van der Waals surface area contributed by atoms with E-state index in [4.69, 9.17) is 11.6 Å². The summed E-state index contributed by atoms with van der Waals surface area (Å²) in [6, 6.07) is 12.5. The smallest absolute Gasteiger partial charge is 0.345 e. The molecule has 1 aromatic heterocycles. The molecule has 0 bridgehead atoms.